The van der Waals surface area contributed by atoms with Gasteiger partial charge in [-0.15, -0.1) is 11.3 Å². The maximum absolute atomic E-state index is 12.4. The third-order valence-corrected chi connectivity index (χ3v) is 5.03. The molecule has 1 atom stereocenters. The molecule has 0 unspecified atom stereocenters. The van der Waals surface area contributed by atoms with Gasteiger partial charge in [-0.2, -0.15) is 0 Å². The van der Waals surface area contributed by atoms with E-state index in [-0.39, 0.29) is 17.6 Å². The summed E-state index contributed by atoms with van der Waals surface area (Å²) in [5.74, 6) is -0.476. The molecule has 1 aliphatic heterocycles. The van der Waals surface area contributed by atoms with Crippen LogP contribution < -0.4 is 14.8 Å². The minimum atomic E-state index is -0.845. The number of Topliss-reactive ketones (excluding diaryl/α,β-unsaturated/α-hetero) is 1. The van der Waals surface area contributed by atoms with Gasteiger partial charge >= 0.3 is 5.97 Å². The maximum atomic E-state index is 12.4. The van der Waals surface area contributed by atoms with Crippen molar-refractivity contribution in [2.75, 3.05) is 19.8 Å². The Balaban J connectivity index is 1.59. The number of rotatable bonds is 7. The fourth-order valence-corrected chi connectivity index (χ4v) is 3.27. The molecule has 0 aliphatic carbocycles. The van der Waals surface area contributed by atoms with E-state index in [9.17, 15) is 14.4 Å². The standard InChI is InChI=1S/C20H21NO6S/c1-12(2)18(21-19(23)17-4-3-9-28-17)20(24)27-11-14(22)13-5-6-15-16(10-13)26-8-7-25-15/h3-6,9-10,12,18H,7-8,11H2,1-2H3,(H,21,23)/t18-/m0/s1. The molecule has 8 heteroatoms. The third-order valence-electron chi connectivity index (χ3n) is 4.16. The largest absolute Gasteiger partial charge is 0.486 e. The lowest BCUT2D eigenvalue weighted by molar-refractivity contribution is -0.145. The van der Waals surface area contributed by atoms with Crippen LogP contribution in [0.15, 0.2) is 35.7 Å². The summed E-state index contributed by atoms with van der Waals surface area (Å²) in [6, 6.07) is 7.41. The molecule has 3 rings (SSSR count). The topological polar surface area (TPSA) is 90.9 Å². The first-order valence-electron chi connectivity index (χ1n) is 8.89. The second kappa shape index (κ2) is 8.88. The molecular formula is C20H21NO6S. The van der Waals surface area contributed by atoms with Gasteiger partial charge in [0, 0.05) is 5.56 Å². The highest BCUT2D eigenvalue weighted by Crippen LogP contribution is 2.30. The number of thiophene rings is 1. The summed E-state index contributed by atoms with van der Waals surface area (Å²) in [5, 5.41) is 4.45. The van der Waals surface area contributed by atoms with Crippen LogP contribution >= 0.6 is 11.3 Å². The van der Waals surface area contributed by atoms with Crippen LogP contribution in [0.2, 0.25) is 0 Å². The van der Waals surface area contributed by atoms with Crippen molar-refractivity contribution < 1.29 is 28.6 Å². The molecule has 7 nitrogen and oxygen atoms in total. The van der Waals surface area contributed by atoms with E-state index in [1.165, 1.54) is 11.3 Å². The molecule has 1 amide bonds. The van der Waals surface area contributed by atoms with Crippen molar-refractivity contribution in [2.45, 2.75) is 19.9 Å². The van der Waals surface area contributed by atoms with Crippen molar-refractivity contribution in [1.82, 2.24) is 5.32 Å². The minimum absolute atomic E-state index is 0.194. The van der Waals surface area contributed by atoms with Crippen LogP contribution in [-0.2, 0) is 9.53 Å². The molecule has 148 valence electrons. The fraction of sp³-hybridized carbons (Fsp3) is 0.350. The molecule has 1 aromatic heterocycles. The number of carbonyl (C=O) groups is 3. The Morgan fingerprint density at radius 3 is 2.57 bits per heavy atom. The van der Waals surface area contributed by atoms with Crippen molar-refractivity contribution in [3.63, 3.8) is 0 Å². The van der Waals surface area contributed by atoms with Crippen LogP contribution in [0.5, 0.6) is 11.5 Å². The fourth-order valence-electron chi connectivity index (χ4n) is 2.64. The lowest BCUT2D eigenvalue weighted by atomic mass is 10.0. The Morgan fingerprint density at radius 1 is 1.14 bits per heavy atom. The number of hydrogen-bond acceptors (Lipinski definition) is 7. The molecule has 1 aromatic carbocycles. The number of ether oxygens (including phenoxy) is 3. The van der Waals surface area contributed by atoms with Gasteiger partial charge in [-0.05, 0) is 35.6 Å². The van der Waals surface area contributed by atoms with Gasteiger partial charge in [0.15, 0.2) is 23.9 Å². The van der Waals surface area contributed by atoms with Crippen molar-refractivity contribution in [2.24, 2.45) is 5.92 Å². The number of amides is 1. The zero-order valence-corrected chi connectivity index (χ0v) is 16.4. The molecule has 2 heterocycles. The van der Waals surface area contributed by atoms with Crippen LogP contribution in [0.25, 0.3) is 0 Å². The molecule has 28 heavy (non-hydrogen) atoms. The number of hydrogen-bond donors (Lipinski definition) is 1. The number of benzene rings is 1. The summed E-state index contributed by atoms with van der Waals surface area (Å²) in [4.78, 5) is 37.5. The summed E-state index contributed by atoms with van der Waals surface area (Å²) < 4.78 is 16.1. The maximum Gasteiger partial charge on any atom is 0.329 e. The lowest BCUT2D eigenvalue weighted by Crippen LogP contribution is -2.45. The van der Waals surface area contributed by atoms with Crippen LogP contribution in [-0.4, -0.2) is 43.5 Å². The predicted molar refractivity (Wildman–Crippen MR) is 103 cm³/mol. The van der Waals surface area contributed by atoms with Crippen molar-refractivity contribution in [1.29, 1.82) is 0 Å². The number of nitrogens with one attached hydrogen (secondary N) is 1. The van der Waals surface area contributed by atoms with Gasteiger partial charge < -0.3 is 19.5 Å². The van der Waals surface area contributed by atoms with E-state index < -0.39 is 18.6 Å². The first-order valence-corrected chi connectivity index (χ1v) is 9.77. The molecule has 2 aromatic rings. The van der Waals surface area contributed by atoms with E-state index in [2.05, 4.69) is 5.32 Å². The highest BCUT2D eigenvalue weighted by Gasteiger charge is 2.27. The van der Waals surface area contributed by atoms with E-state index in [0.29, 0.717) is 35.2 Å². The molecule has 1 aliphatic rings. The van der Waals surface area contributed by atoms with Crippen molar-refractivity contribution in [3.8, 4) is 11.5 Å². The Labute approximate surface area is 166 Å². The summed E-state index contributed by atoms with van der Waals surface area (Å²) in [5.41, 5.74) is 0.362. The van der Waals surface area contributed by atoms with Gasteiger partial charge in [-0.1, -0.05) is 19.9 Å². The van der Waals surface area contributed by atoms with Gasteiger partial charge in [0.25, 0.3) is 5.91 Å². The quantitative estimate of drug-likeness (QED) is 0.565. The Bertz CT molecular complexity index is 862. The first-order chi connectivity index (χ1) is 13.5. The molecule has 0 fully saturated rings. The van der Waals surface area contributed by atoms with Crippen LogP contribution in [0.4, 0.5) is 0 Å². The van der Waals surface area contributed by atoms with Gasteiger partial charge in [0.1, 0.15) is 19.3 Å². The van der Waals surface area contributed by atoms with Gasteiger partial charge in [0.2, 0.25) is 0 Å². The van der Waals surface area contributed by atoms with Crippen molar-refractivity contribution >= 4 is 29.0 Å². The highest BCUT2D eigenvalue weighted by molar-refractivity contribution is 7.12. The average Bonchev–Trinajstić information content (AvgIpc) is 3.24. The van der Waals surface area contributed by atoms with Crippen LogP contribution in [0.1, 0.15) is 33.9 Å². The highest BCUT2D eigenvalue weighted by atomic mass is 32.1. The van der Waals surface area contributed by atoms with E-state index in [0.717, 1.165) is 0 Å². The van der Waals surface area contributed by atoms with Crippen molar-refractivity contribution in [3.05, 3.63) is 46.2 Å². The average molecular weight is 403 g/mol. The molecule has 0 saturated carbocycles. The molecule has 0 saturated heterocycles. The number of carbonyl (C=O) groups excluding carboxylic acids is 3. The molecule has 1 N–H and O–H groups in total. The second-order valence-corrected chi connectivity index (χ2v) is 7.51. The lowest BCUT2D eigenvalue weighted by Gasteiger charge is -2.20. The monoisotopic (exact) mass is 403 g/mol. The van der Waals surface area contributed by atoms with Gasteiger partial charge in [-0.3, -0.25) is 9.59 Å². The smallest absolute Gasteiger partial charge is 0.329 e. The Morgan fingerprint density at radius 2 is 1.89 bits per heavy atom. The van der Waals surface area contributed by atoms with Gasteiger partial charge in [-0.25, -0.2) is 4.79 Å². The van der Waals surface area contributed by atoms with E-state index in [1.54, 1.807) is 49.6 Å². The summed E-state index contributed by atoms with van der Waals surface area (Å²) in [7, 11) is 0. The van der Waals surface area contributed by atoms with E-state index >= 15 is 0 Å². The first kappa shape index (κ1) is 19.9. The summed E-state index contributed by atoms with van der Waals surface area (Å²) in [6.45, 7) is 4.05. The molecule has 0 spiro atoms. The summed E-state index contributed by atoms with van der Waals surface area (Å²) in [6.07, 6.45) is 0. The molecular weight excluding hydrogens is 382 g/mol. The third kappa shape index (κ3) is 4.69. The van der Waals surface area contributed by atoms with Crippen LogP contribution in [0, 0.1) is 5.92 Å². The molecule has 0 bridgehead atoms. The predicted octanol–water partition coefficient (Wildman–Crippen LogP) is 2.70. The Kier molecular flexibility index (Phi) is 6.30. The normalized spacial score (nSPS) is 13.7. The summed E-state index contributed by atoms with van der Waals surface area (Å²) >= 11 is 1.28. The second-order valence-electron chi connectivity index (χ2n) is 6.56. The van der Waals surface area contributed by atoms with E-state index in [4.69, 9.17) is 14.2 Å². The minimum Gasteiger partial charge on any atom is -0.486 e. The number of esters is 1. The van der Waals surface area contributed by atoms with Crippen LogP contribution in [0.3, 0.4) is 0 Å². The zero-order chi connectivity index (χ0) is 20.1. The SMILES string of the molecule is CC(C)[C@H](NC(=O)c1cccs1)C(=O)OCC(=O)c1ccc2c(c1)OCCO2. The number of ketones is 1. The zero-order valence-electron chi connectivity index (χ0n) is 15.6. The van der Waals surface area contributed by atoms with E-state index in [1.807, 2.05) is 0 Å². The van der Waals surface area contributed by atoms with Gasteiger partial charge in [0.05, 0.1) is 4.88 Å². The number of fused-ring (bicyclic) bond motifs is 1. The Hall–Kier alpha value is -2.87. The molecule has 0 radical (unpaired) electrons.